The van der Waals surface area contributed by atoms with Crippen molar-refractivity contribution in [1.82, 2.24) is 9.97 Å². The molecule has 0 aliphatic heterocycles. The molecule has 6 heteroatoms. The first-order valence-corrected chi connectivity index (χ1v) is 6.82. The van der Waals surface area contributed by atoms with Gasteiger partial charge in [0.25, 0.3) is 0 Å². The van der Waals surface area contributed by atoms with Crippen molar-refractivity contribution in [2.24, 2.45) is 0 Å². The summed E-state index contributed by atoms with van der Waals surface area (Å²) in [7, 11) is 0. The van der Waals surface area contributed by atoms with Crippen molar-refractivity contribution in [2.75, 3.05) is 5.32 Å². The highest BCUT2D eigenvalue weighted by Crippen LogP contribution is 2.18. The number of anilines is 1. The molecule has 2 heterocycles. The Bertz CT molecular complexity index is 569. The number of carboxylic acids is 1. The standard InChI is InChI=1S/C13H15N3O2S/c1-9-6-14-5-4-10(9)7-15-13-16-11(8-19-13)2-3-12(17)18/h4-6,8H,2-3,7H2,1H3,(H,15,16)(H,17,18). The van der Waals surface area contributed by atoms with Gasteiger partial charge in [-0.3, -0.25) is 9.78 Å². The molecule has 0 atom stereocenters. The molecule has 0 aliphatic carbocycles. The lowest BCUT2D eigenvalue weighted by Crippen LogP contribution is -2.02. The molecule has 19 heavy (non-hydrogen) atoms. The first-order valence-electron chi connectivity index (χ1n) is 5.94. The molecule has 5 nitrogen and oxygen atoms in total. The number of hydrogen-bond donors (Lipinski definition) is 2. The molecule has 0 unspecified atom stereocenters. The van der Waals surface area contributed by atoms with E-state index in [2.05, 4.69) is 15.3 Å². The van der Waals surface area contributed by atoms with Crippen LogP contribution < -0.4 is 5.32 Å². The number of aliphatic carboxylic acids is 1. The molecule has 0 spiro atoms. The number of hydrogen-bond acceptors (Lipinski definition) is 5. The smallest absolute Gasteiger partial charge is 0.303 e. The Morgan fingerprint density at radius 2 is 2.37 bits per heavy atom. The van der Waals surface area contributed by atoms with Crippen molar-refractivity contribution < 1.29 is 9.90 Å². The van der Waals surface area contributed by atoms with E-state index >= 15 is 0 Å². The van der Waals surface area contributed by atoms with E-state index in [1.165, 1.54) is 16.9 Å². The molecule has 0 aliphatic rings. The number of thiazole rings is 1. The highest BCUT2D eigenvalue weighted by Gasteiger charge is 2.05. The first-order chi connectivity index (χ1) is 9.15. The Morgan fingerprint density at radius 1 is 1.53 bits per heavy atom. The summed E-state index contributed by atoms with van der Waals surface area (Å²) >= 11 is 1.50. The van der Waals surface area contributed by atoms with Gasteiger partial charge >= 0.3 is 5.97 Å². The molecule has 0 radical (unpaired) electrons. The van der Waals surface area contributed by atoms with Gasteiger partial charge in [-0.2, -0.15) is 0 Å². The molecule has 0 aromatic carbocycles. The predicted octanol–water partition coefficient (Wildman–Crippen LogP) is 2.48. The van der Waals surface area contributed by atoms with E-state index in [0.29, 0.717) is 13.0 Å². The minimum atomic E-state index is -0.796. The monoisotopic (exact) mass is 277 g/mol. The molecule has 2 aromatic heterocycles. The van der Waals surface area contributed by atoms with Crippen LogP contribution in [0.1, 0.15) is 23.2 Å². The number of pyridine rings is 1. The quantitative estimate of drug-likeness (QED) is 0.848. The summed E-state index contributed by atoms with van der Waals surface area (Å²) in [5.41, 5.74) is 3.14. The molecule has 2 N–H and O–H groups in total. The van der Waals surface area contributed by atoms with Crippen LogP contribution in [0.4, 0.5) is 5.13 Å². The zero-order valence-corrected chi connectivity index (χ0v) is 11.4. The van der Waals surface area contributed by atoms with Crippen LogP contribution in [-0.4, -0.2) is 21.0 Å². The van der Waals surface area contributed by atoms with E-state index in [-0.39, 0.29) is 6.42 Å². The van der Waals surface area contributed by atoms with Crippen LogP contribution in [-0.2, 0) is 17.8 Å². The zero-order valence-electron chi connectivity index (χ0n) is 10.6. The minimum Gasteiger partial charge on any atom is -0.481 e. The fraction of sp³-hybridized carbons (Fsp3) is 0.308. The molecule has 0 bridgehead atoms. The largest absolute Gasteiger partial charge is 0.481 e. The molecule has 0 saturated heterocycles. The van der Waals surface area contributed by atoms with Crippen molar-refractivity contribution in [3.63, 3.8) is 0 Å². The number of nitrogens with zero attached hydrogens (tertiary/aromatic N) is 2. The molecular formula is C13H15N3O2S. The Hall–Kier alpha value is -1.95. The van der Waals surface area contributed by atoms with Crippen LogP contribution in [0.3, 0.4) is 0 Å². The van der Waals surface area contributed by atoms with Gasteiger partial charge in [-0.25, -0.2) is 4.98 Å². The summed E-state index contributed by atoms with van der Waals surface area (Å²) in [6.45, 7) is 2.71. The summed E-state index contributed by atoms with van der Waals surface area (Å²) in [6.07, 6.45) is 4.19. The van der Waals surface area contributed by atoms with E-state index in [1.54, 1.807) is 6.20 Å². The van der Waals surface area contributed by atoms with E-state index in [9.17, 15) is 4.79 Å². The summed E-state index contributed by atoms with van der Waals surface area (Å²) < 4.78 is 0. The van der Waals surface area contributed by atoms with E-state index in [0.717, 1.165) is 16.4 Å². The van der Waals surface area contributed by atoms with E-state index in [4.69, 9.17) is 5.11 Å². The first kappa shape index (κ1) is 13.5. The van der Waals surface area contributed by atoms with Crippen LogP contribution in [0.2, 0.25) is 0 Å². The third-order valence-electron chi connectivity index (χ3n) is 2.71. The number of carboxylic acid groups (broad SMARTS) is 1. The van der Waals surface area contributed by atoms with E-state index in [1.807, 2.05) is 24.6 Å². The fourth-order valence-corrected chi connectivity index (χ4v) is 2.35. The molecular weight excluding hydrogens is 262 g/mol. The maximum Gasteiger partial charge on any atom is 0.303 e. The normalized spacial score (nSPS) is 10.4. The van der Waals surface area contributed by atoms with Crippen LogP contribution >= 0.6 is 11.3 Å². The topological polar surface area (TPSA) is 75.1 Å². The fourth-order valence-electron chi connectivity index (χ4n) is 1.61. The van der Waals surface area contributed by atoms with Crippen molar-refractivity contribution in [1.29, 1.82) is 0 Å². The van der Waals surface area contributed by atoms with Gasteiger partial charge in [0.1, 0.15) is 0 Å². The Labute approximate surface area is 115 Å². The number of rotatable bonds is 6. The Balaban J connectivity index is 1.90. The van der Waals surface area contributed by atoms with Crippen molar-refractivity contribution in [3.8, 4) is 0 Å². The van der Waals surface area contributed by atoms with Crippen molar-refractivity contribution in [2.45, 2.75) is 26.3 Å². The lowest BCUT2D eigenvalue weighted by molar-refractivity contribution is -0.136. The average Bonchev–Trinajstić information content (AvgIpc) is 2.83. The molecule has 100 valence electrons. The predicted molar refractivity (Wildman–Crippen MR) is 74.4 cm³/mol. The van der Waals surface area contributed by atoms with Crippen LogP contribution in [0.5, 0.6) is 0 Å². The summed E-state index contributed by atoms with van der Waals surface area (Å²) in [4.78, 5) is 18.9. The molecule has 2 rings (SSSR count). The number of nitrogens with one attached hydrogen (secondary N) is 1. The summed E-state index contributed by atoms with van der Waals surface area (Å²) in [6, 6.07) is 1.97. The van der Waals surface area contributed by atoms with Crippen molar-refractivity contribution >= 4 is 22.4 Å². The highest BCUT2D eigenvalue weighted by atomic mass is 32.1. The maximum absolute atomic E-state index is 10.5. The summed E-state index contributed by atoms with van der Waals surface area (Å²) in [5, 5.41) is 14.6. The zero-order chi connectivity index (χ0) is 13.7. The average molecular weight is 277 g/mol. The Morgan fingerprint density at radius 3 is 3.11 bits per heavy atom. The van der Waals surface area contributed by atoms with E-state index < -0.39 is 5.97 Å². The van der Waals surface area contributed by atoms with Gasteiger partial charge in [0.15, 0.2) is 5.13 Å². The van der Waals surface area contributed by atoms with Gasteiger partial charge in [-0.15, -0.1) is 11.3 Å². The second-order valence-corrected chi connectivity index (χ2v) is 5.05. The minimum absolute atomic E-state index is 0.118. The lowest BCUT2D eigenvalue weighted by atomic mass is 10.2. The number of aryl methyl sites for hydroxylation is 2. The van der Waals surface area contributed by atoms with Gasteiger partial charge < -0.3 is 10.4 Å². The second kappa shape index (κ2) is 6.29. The van der Waals surface area contributed by atoms with Gasteiger partial charge in [-0.05, 0) is 24.1 Å². The SMILES string of the molecule is Cc1cnccc1CNc1nc(CCC(=O)O)cs1. The summed E-state index contributed by atoms with van der Waals surface area (Å²) in [5.74, 6) is -0.796. The Kier molecular flexibility index (Phi) is 4.46. The van der Waals surface area contributed by atoms with Crippen LogP contribution in [0.15, 0.2) is 23.8 Å². The maximum atomic E-state index is 10.5. The number of carbonyl (C=O) groups is 1. The van der Waals surface area contributed by atoms with Gasteiger partial charge in [-0.1, -0.05) is 0 Å². The number of aromatic nitrogens is 2. The third kappa shape index (κ3) is 4.03. The van der Waals surface area contributed by atoms with Crippen molar-refractivity contribution in [3.05, 3.63) is 40.7 Å². The molecule has 0 saturated carbocycles. The lowest BCUT2D eigenvalue weighted by Gasteiger charge is -2.05. The second-order valence-electron chi connectivity index (χ2n) is 4.19. The van der Waals surface area contributed by atoms with Gasteiger partial charge in [0, 0.05) is 30.7 Å². The van der Waals surface area contributed by atoms with Gasteiger partial charge in [0.2, 0.25) is 0 Å². The molecule has 0 fully saturated rings. The molecule has 0 amide bonds. The third-order valence-corrected chi connectivity index (χ3v) is 3.56. The van der Waals surface area contributed by atoms with Crippen LogP contribution in [0.25, 0.3) is 0 Å². The highest BCUT2D eigenvalue weighted by molar-refractivity contribution is 7.13. The van der Waals surface area contributed by atoms with Crippen LogP contribution in [0, 0.1) is 6.92 Å². The van der Waals surface area contributed by atoms with Gasteiger partial charge in [0.05, 0.1) is 12.1 Å². The molecule has 2 aromatic rings.